The Balaban J connectivity index is 1.99. The number of H-pyrrole nitrogens is 1. The number of benzene rings is 2. The maximum Gasteiger partial charge on any atom is 0.573 e. The molecule has 3 aromatic rings. The van der Waals surface area contributed by atoms with Crippen molar-refractivity contribution in [3.05, 3.63) is 74.8 Å². The summed E-state index contributed by atoms with van der Waals surface area (Å²) in [5.41, 5.74) is -0.192. The van der Waals surface area contributed by atoms with Crippen molar-refractivity contribution in [2.24, 2.45) is 0 Å². The first-order chi connectivity index (χ1) is 14.7. The Morgan fingerprint density at radius 3 is 2.68 bits per heavy atom. The number of aromatic amines is 1. The van der Waals surface area contributed by atoms with Crippen LogP contribution in [-0.4, -0.2) is 29.7 Å². The van der Waals surface area contributed by atoms with Crippen LogP contribution in [0, 0.1) is 5.41 Å². The van der Waals surface area contributed by atoms with Gasteiger partial charge in [0.2, 0.25) is 0 Å². The van der Waals surface area contributed by atoms with Crippen molar-refractivity contribution in [3.8, 4) is 11.5 Å². The normalized spacial score (nSPS) is 11.1. The number of methoxy groups -OCH3 is 1. The Morgan fingerprint density at radius 2 is 2.00 bits per heavy atom. The molecule has 31 heavy (non-hydrogen) atoms. The van der Waals surface area contributed by atoms with E-state index in [9.17, 15) is 18.0 Å². The first kappa shape index (κ1) is 22.2. The van der Waals surface area contributed by atoms with Gasteiger partial charge >= 0.3 is 6.36 Å². The summed E-state index contributed by atoms with van der Waals surface area (Å²) in [6.45, 7) is 0. The summed E-state index contributed by atoms with van der Waals surface area (Å²) < 4.78 is 47.2. The zero-order chi connectivity index (χ0) is 22.6. The number of hydrogen-bond acceptors (Lipinski definition) is 6. The second-order valence-electron chi connectivity index (χ2n) is 6.22. The van der Waals surface area contributed by atoms with Crippen LogP contribution < -0.4 is 20.3 Å². The summed E-state index contributed by atoms with van der Waals surface area (Å²) >= 11 is 6.18. The highest BCUT2D eigenvalue weighted by Crippen LogP contribution is 2.30. The molecule has 11 heteroatoms. The maximum absolute atomic E-state index is 12.7. The van der Waals surface area contributed by atoms with Crippen LogP contribution in [0.2, 0.25) is 5.02 Å². The van der Waals surface area contributed by atoms with E-state index in [1.165, 1.54) is 31.4 Å². The number of nitrogens with one attached hydrogen (secondary N) is 3. The summed E-state index contributed by atoms with van der Waals surface area (Å²) in [4.78, 5) is 19.2. The predicted octanol–water partition coefficient (Wildman–Crippen LogP) is 4.66. The van der Waals surface area contributed by atoms with Crippen molar-refractivity contribution in [1.82, 2.24) is 9.97 Å². The Bertz CT molecular complexity index is 1170. The van der Waals surface area contributed by atoms with Crippen LogP contribution in [-0.2, 0) is 6.42 Å². The Hall–Kier alpha value is -3.53. The number of halogens is 4. The van der Waals surface area contributed by atoms with Gasteiger partial charge < -0.3 is 25.2 Å². The molecule has 0 aliphatic carbocycles. The van der Waals surface area contributed by atoms with E-state index in [0.717, 1.165) is 6.21 Å². The average Bonchev–Trinajstić information content (AvgIpc) is 2.70. The highest BCUT2D eigenvalue weighted by Gasteiger charge is 2.32. The summed E-state index contributed by atoms with van der Waals surface area (Å²) in [6, 6.07) is 10.3. The van der Waals surface area contributed by atoms with Crippen LogP contribution in [0.25, 0.3) is 0 Å². The van der Waals surface area contributed by atoms with E-state index < -0.39 is 17.7 Å². The van der Waals surface area contributed by atoms with Gasteiger partial charge in [-0.15, -0.1) is 13.2 Å². The summed E-state index contributed by atoms with van der Waals surface area (Å²) in [6.07, 6.45) is -4.20. The van der Waals surface area contributed by atoms with Crippen molar-refractivity contribution >= 4 is 29.3 Å². The minimum Gasteiger partial charge on any atom is -0.497 e. The fraction of sp³-hybridized carbons (Fsp3) is 0.150. The smallest absolute Gasteiger partial charge is 0.497 e. The minimum atomic E-state index is -4.86. The lowest BCUT2D eigenvalue weighted by atomic mass is 10.1. The van der Waals surface area contributed by atoms with Gasteiger partial charge in [0.25, 0.3) is 5.56 Å². The van der Waals surface area contributed by atoms with E-state index in [-0.39, 0.29) is 29.2 Å². The van der Waals surface area contributed by atoms with Gasteiger partial charge in [0.1, 0.15) is 23.1 Å². The molecule has 0 unspecified atom stereocenters. The summed E-state index contributed by atoms with van der Waals surface area (Å²) in [5, 5.41) is 10.7. The molecule has 1 aromatic heterocycles. The molecule has 0 aliphatic heterocycles. The molecule has 0 atom stereocenters. The number of ether oxygens (including phenoxy) is 2. The lowest BCUT2D eigenvalue weighted by Crippen LogP contribution is -2.20. The molecule has 0 saturated carbocycles. The van der Waals surface area contributed by atoms with Gasteiger partial charge in [-0.2, -0.15) is 0 Å². The van der Waals surface area contributed by atoms with E-state index >= 15 is 0 Å². The van der Waals surface area contributed by atoms with Crippen LogP contribution >= 0.6 is 11.6 Å². The van der Waals surface area contributed by atoms with Crippen molar-refractivity contribution in [3.63, 3.8) is 0 Å². The van der Waals surface area contributed by atoms with Crippen LogP contribution in [0.4, 0.5) is 24.7 Å². The first-order valence-electron chi connectivity index (χ1n) is 8.78. The lowest BCUT2D eigenvalue weighted by Gasteiger charge is -2.14. The highest BCUT2D eigenvalue weighted by atomic mass is 35.5. The third kappa shape index (κ3) is 5.54. The molecular weight excluding hydrogens is 437 g/mol. The van der Waals surface area contributed by atoms with Crippen LogP contribution in [0.15, 0.2) is 47.3 Å². The third-order valence-electron chi connectivity index (χ3n) is 4.13. The zero-order valence-electron chi connectivity index (χ0n) is 16.0. The number of alkyl halides is 3. The van der Waals surface area contributed by atoms with E-state index in [0.29, 0.717) is 16.5 Å². The largest absolute Gasteiger partial charge is 0.573 e. The molecule has 162 valence electrons. The fourth-order valence-electron chi connectivity index (χ4n) is 2.75. The molecule has 0 aliphatic rings. The van der Waals surface area contributed by atoms with Gasteiger partial charge in [0, 0.05) is 24.3 Å². The second-order valence-corrected chi connectivity index (χ2v) is 6.63. The fourth-order valence-corrected chi connectivity index (χ4v) is 2.92. The van der Waals surface area contributed by atoms with Gasteiger partial charge in [0.05, 0.1) is 23.4 Å². The number of rotatable bonds is 7. The van der Waals surface area contributed by atoms with E-state index in [4.69, 9.17) is 21.7 Å². The minimum absolute atomic E-state index is 0.0122. The first-order valence-corrected chi connectivity index (χ1v) is 9.16. The van der Waals surface area contributed by atoms with Crippen molar-refractivity contribution < 1.29 is 22.6 Å². The topological polar surface area (TPSA) is 100 Å². The second kappa shape index (κ2) is 9.09. The van der Waals surface area contributed by atoms with Crippen molar-refractivity contribution in [1.29, 1.82) is 5.41 Å². The molecule has 1 heterocycles. The molecule has 0 radical (unpaired) electrons. The Labute approximate surface area is 179 Å². The van der Waals surface area contributed by atoms with Gasteiger partial charge in [-0.1, -0.05) is 29.8 Å². The molecule has 0 amide bonds. The molecule has 0 bridgehead atoms. The molecule has 3 rings (SSSR count). The monoisotopic (exact) mass is 452 g/mol. The molecule has 2 aromatic carbocycles. The van der Waals surface area contributed by atoms with Crippen molar-refractivity contribution in [2.75, 3.05) is 12.4 Å². The summed E-state index contributed by atoms with van der Waals surface area (Å²) in [7, 11) is 1.47. The van der Waals surface area contributed by atoms with Crippen LogP contribution in [0.3, 0.4) is 0 Å². The quantitative estimate of drug-likeness (QED) is 0.453. The number of anilines is 2. The third-order valence-corrected chi connectivity index (χ3v) is 4.46. The molecule has 0 spiro atoms. The number of nitrogens with zero attached hydrogens (tertiary/aromatic N) is 1. The van der Waals surface area contributed by atoms with Gasteiger partial charge in [0.15, 0.2) is 0 Å². The standard InChI is InChI=1S/C20H16ClF3N4O3/c1-30-12-6-7-14(21)15(9-12)26-18-13(10-25)19(29)28-17(27-18)8-11-4-2-3-5-16(11)31-20(22,23)24/h2-7,9-10,25H,8H2,1H3,(H2,26,27,28,29). The zero-order valence-corrected chi connectivity index (χ0v) is 16.8. The number of hydrogen-bond donors (Lipinski definition) is 3. The number of para-hydroxylation sites is 1. The molecule has 3 N–H and O–H groups in total. The van der Waals surface area contributed by atoms with Gasteiger partial charge in [-0.3, -0.25) is 4.79 Å². The maximum atomic E-state index is 12.7. The summed E-state index contributed by atoms with van der Waals surface area (Å²) in [5.74, 6) is 0.166. The van der Waals surface area contributed by atoms with Gasteiger partial charge in [-0.25, -0.2) is 4.98 Å². The SMILES string of the molecule is COc1ccc(Cl)c(Nc2nc(Cc3ccccc3OC(F)(F)F)[nH]c(=O)c2C=N)c1. The van der Waals surface area contributed by atoms with E-state index in [1.54, 1.807) is 18.2 Å². The highest BCUT2D eigenvalue weighted by molar-refractivity contribution is 6.33. The Kier molecular flexibility index (Phi) is 6.50. The average molecular weight is 453 g/mol. The molecule has 7 nitrogen and oxygen atoms in total. The lowest BCUT2D eigenvalue weighted by molar-refractivity contribution is -0.274. The van der Waals surface area contributed by atoms with Crippen LogP contribution in [0.5, 0.6) is 11.5 Å². The number of aromatic nitrogens is 2. The Morgan fingerprint density at radius 1 is 1.26 bits per heavy atom. The van der Waals surface area contributed by atoms with Gasteiger partial charge in [-0.05, 0) is 18.2 Å². The molecule has 0 fully saturated rings. The van der Waals surface area contributed by atoms with Crippen LogP contribution in [0.1, 0.15) is 17.0 Å². The van der Waals surface area contributed by atoms with E-state index in [2.05, 4.69) is 20.0 Å². The molecule has 0 saturated heterocycles. The van der Waals surface area contributed by atoms with Crippen molar-refractivity contribution in [2.45, 2.75) is 12.8 Å². The molecular formula is C20H16ClF3N4O3. The predicted molar refractivity (Wildman–Crippen MR) is 110 cm³/mol. The van der Waals surface area contributed by atoms with E-state index in [1.807, 2.05) is 0 Å².